The van der Waals surface area contributed by atoms with E-state index in [1.165, 1.54) is 0 Å². The molecule has 0 N–H and O–H groups in total. The van der Waals surface area contributed by atoms with Gasteiger partial charge in [0.25, 0.3) is 5.91 Å². The Balaban J connectivity index is 1.02. The molecule has 3 aromatic rings. The first kappa shape index (κ1) is 26.9. The second kappa shape index (κ2) is 12.9. The molecule has 5 rings (SSSR count). The summed E-state index contributed by atoms with van der Waals surface area (Å²) in [6.45, 7) is 10.8. The number of furan rings is 1. The van der Waals surface area contributed by atoms with Gasteiger partial charge in [0.15, 0.2) is 0 Å². The van der Waals surface area contributed by atoms with Crippen molar-refractivity contribution in [1.82, 2.24) is 24.3 Å². The Bertz CT molecular complexity index is 1170. The summed E-state index contributed by atoms with van der Waals surface area (Å²) in [7, 11) is 2.06. The summed E-state index contributed by atoms with van der Waals surface area (Å²) < 4.78 is 14.4. The van der Waals surface area contributed by atoms with Gasteiger partial charge in [-0.25, -0.2) is 4.98 Å². The molecule has 8 nitrogen and oxygen atoms in total. The van der Waals surface area contributed by atoms with E-state index >= 15 is 0 Å². The van der Waals surface area contributed by atoms with Gasteiger partial charge in [-0.05, 0) is 31.7 Å². The molecule has 0 radical (unpaired) electrons. The molecule has 0 spiro atoms. The van der Waals surface area contributed by atoms with Crippen molar-refractivity contribution in [2.24, 2.45) is 7.05 Å². The molecule has 1 amide bonds. The lowest BCUT2D eigenvalue weighted by Crippen LogP contribution is -2.46. The number of amides is 1. The highest BCUT2D eigenvalue weighted by Gasteiger charge is 2.28. The number of piperazine rings is 1. The molecule has 0 saturated carbocycles. The molecule has 38 heavy (non-hydrogen) atoms. The number of aromatic nitrogens is 2. The number of fused-ring (bicyclic) bond motifs is 1. The van der Waals surface area contributed by atoms with Gasteiger partial charge >= 0.3 is 0 Å². The third kappa shape index (κ3) is 6.47. The van der Waals surface area contributed by atoms with Crippen LogP contribution in [0.4, 0.5) is 0 Å². The molecule has 0 bridgehead atoms. The van der Waals surface area contributed by atoms with E-state index in [0.717, 1.165) is 126 Å². The van der Waals surface area contributed by atoms with Crippen molar-refractivity contribution in [3.05, 3.63) is 53.8 Å². The number of likely N-dealkylation sites (tertiary alicyclic amines) is 1. The third-order valence-electron chi connectivity index (χ3n) is 8.09. The molecule has 2 aliphatic rings. The Morgan fingerprint density at radius 3 is 2.55 bits per heavy atom. The molecule has 4 heterocycles. The van der Waals surface area contributed by atoms with Crippen molar-refractivity contribution in [2.45, 2.75) is 58.1 Å². The van der Waals surface area contributed by atoms with Crippen LogP contribution in [0, 0.1) is 0 Å². The van der Waals surface area contributed by atoms with Crippen LogP contribution in [0.3, 0.4) is 0 Å². The van der Waals surface area contributed by atoms with Crippen molar-refractivity contribution in [3.8, 4) is 0 Å². The molecule has 2 fully saturated rings. The number of ether oxygens (including phenoxy) is 1. The standard InChI is InChI=1S/C30H43N5O3/c1-3-4-9-27-29(25-8-5-6-10-26(25)38-27)30(36)35-15-11-24(12-16-35)37-22-7-14-33-18-20-34(21-19-33)23-28-31-13-17-32(28)2/h5-6,8,10,13,17,24H,3-4,7,9,11-12,14-16,18-23H2,1-2H3. The van der Waals surface area contributed by atoms with E-state index in [1.807, 2.05) is 41.6 Å². The minimum Gasteiger partial charge on any atom is -0.460 e. The molecule has 8 heteroatoms. The predicted molar refractivity (Wildman–Crippen MR) is 149 cm³/mol. The van der Waals surface area contributed by atoms with Gasteiger partial charge in [-0.2, -0.15) is 0 Å². The normalized spacial score (nSPS) is 18.0. The number of hydrogen-bond donors (Lipinski definition) is 0. The van der Waals surface area contributed by atoms with E-state index in [0.29, 0.717) is 0 Å². The molecule has 2 aliphatic heterocycles. The average molecular weight is 522 g/mol. The average Bonchev–Trinajstić information content (AvgIpc) is 3.53. The van der Waals surface area contributed by atoms with Gasteiger partial charge in [-0.15, -0.1) is 0 Å². The maximum Gasteiger partial charge on any atom is 0.258 e. The van der Waals surface area contributed by atoms with Crippen molar-refractivity contribution in [3.63, 3.8) is 0 Å². The van der Waals surface area contributed by atoms with Crippen LogP contribution in [0.25, 0.3) is 11.0 Å². The fourth-order valence-electron chi connectivity index (χ4n) is 5.69. The number of unbranched alkanes of at least 4 members (excludes halogenated alkanes) is 1. The lowest BCUT2D eigenvalue weighted by molar-refractivity contribution is 0.00391. The first-order valence-corrected chi connectivity index (χ1v) is 14.4. The van der Waals surface area contributed by atoms with E-state index in [-0.39, 0.29) is 12.0 Å². The quantitative estimate of drug-likeness (QED) is 0.350. The number of para-hydroxylation sites is 1. The zero-order valence-corrected chi connectivity index (χ0v) is 23.1. The second-order valence-corrected chi connectivity index (χ2v) is 10.8. The van der Waals surface area contributed by atoms with Crippen LogP contribution in [-0.4, -0.2) is 88.7 Å². The van der Waals surface area contributed by atoms with Gasteiger partial charge in [-0.1, -0.05) is 31.5 Å². The van der Waals surface area contributed by atoms with Crippen LogP contribution in [0.15, 0.2) is 41.1 Å². The fourth-order valence-corrected chi connectivity index (χ4v) is 5.69. The summed E-state index contributed by atoms with van der Waals surface area (Å²) in [4.78, 5) is 25.0. The van der Waals surface area contributed by atoms with Crippen LogP contribution in [-0.2, 0) is 24.8 Å². The second-order valence-electron chi connectivity index (χ2n) is 10.8. The van der Waals surface area contributed by atoms with Crippen LogP contribution >= 0.6 is 0 Å². The number of aryl methyl sites for hydroxylation is 2. The molecule has 0 unspecified atom stereocenters. The number of rotatable bonds is 11. The van der Waals surface area contributed by atoms with Gasteiger partial charge in [0.2, 0.25) is 0 Å². The third-order valence-corrected chi connectivity index (χ3v) is 8.09. The summed E-state index contributed by atoms with van der Waals surface area (Å²) in [5.41, 5.74) is 1.59. The number of nitrogens with zero attached hydrogens (tertiary/aromatic N) is 5. The van der Waals surface area contributed by atoms with Gasteiger partial charge in [0.1, 0.15) is 17.2 Å². The fraction of sp³-hybridized carbons (Fsp3) is 0.600. The Kier molecular flexibility index (Phi) is 9.14. The molecule has 2 saturated heterocycles. The van der Waals surface area contributed by atoms with Gasteiger partial charge in [-0.3, -0.25) is 9.69 Å². The van der Waals surface area contributed by atoms with Crippen molar-refractivity contribution < 1.29 is 13.9 Å². The summed E-state index contributed by atoms with van der Waals surface area (Å²) in [6.07, 6.45) is 9.90. The van der Waals surface area contributed by atoms with E-state index in [4.69, 9.17) is 9.15 Å². The van der Waals surface area contributed by atoms with Crippen molar-refractivity contribution in [1.29, 1.82) is 0 Å². The molecule has 206 valence electrons. The molecular formula is C30H43N5O3. The first-order valence-electron chi connectivity index (χ1n) is 14.4. The van der Waals surface area contributed by atoms with Gasteiger partial charge in [0.05, 0.1) is 18.2 Å². The maximum atomic E-state index is 13.5. The van der Waals surface area contributed by atoms with Crippen molar-refractivity contribution >= 4 is 16.9 Å². The summed E-state index contributed by atoms with van der Waals surface area (Å²) in [5, 5.41) is 0.944. The van der Waals surface area contributed by atoms with Gasteiger partial charge < -0.3 is 23.5 Å². The summed E-state index contributed by atoms with van der Waals surface area (Å²) in [5.74, 6) is 2.09. The first-order chi connectivity index (χ1) is 18.6. The van der Waals surface area contributed by atoms with Crippen LogP contribution in [0.1, 0.15) is 61.0 Å². The lowest BCUT2D eigenvalue weighted by Gasteiger charge is -2.35. The predicted octanol–water partition coefficient (Wildman–Crippen LogP) is 4.34. The van der Waals surface area contributed by atoms with E-state index in [2.05, 4.69) is 33.3 Å². The van der Waals surface area contributed by atoms with Gasteiger partial charge in [0, 0.05) is 83.7 Å². The highest BCUT2D eigenvalue weighted by molar-refractivity contribution is 6.07. The number of imidazole rings is 1. The molecule has 2 aromatic heterocycles. The van der Waals surface area contributed by atoms with E-state index < -0.39 is 0 Å². The molecule has 0 atom stereocenters. The van der Waals surface area contributed by atoms with Crippen LogP contribution in [0.5, 0.6) is 0 Å². The zero-order valence-electron chi connectivity index (χ0n) is 23.1. The SMILES string of the molecule is CCCCc1oc2ccccc2c1C(=O)N1CCC(OCCCN2CCN(Cc3nccn3C)CC2)CC1. The largest absolute Gasteiger partial charge is 0.460 e. The number of carbonyl (C=O) groups is 1. The summed E-state index contributed by atoms with van der Waals surface area (Å²) >= 11 is 0. The number of piperidine rings is 1. The Labute approximate surface area is 226 Å². The summed E-state index contributed by atoms with van der Waals surface area (Å²) in [6, 6.07) is 7.93. The highest BCUT2D eigenvalue weighted by atomic mass is 16.5. The highest BCUT2D eigenvalue weighted by Crippen LogP contribution is 2.29. The van der Waals surface area contributed by atoms with E-state index in [1.54, 1.807) is 0 Å². The lowest BCUT2D eigenvalue weighted by atomic mass is 10.0. The Morgan fingerprint density at radius 2 is 1.82 bits per heavy atom. The molecule has 1 aromatic carbocycles. The van der Waals surface area contributed by atoms with E-state index in [9.17, 15) is 4.79 Å². The molecular weight excluding hydrogens is 478 g/mol. The van der Waals surface area contributed by atoms with Crippen LogP contribution in [0.2, 0.25) is 0 Å². The molecule has 0 aliphatic carbocycles. The zero-order chi connectivity index (χ0) is 26.3. The van der Waals surface area contributed by atoms with Crippen LogP contribution < -0.4 is 0 Å². The number of hydrogen-bond acceptors (Lipinski definition) is 6. The number of benzene rings is 1. The number of carbonyl (C=O) groups excluding carboxylic acids is 1. The Morgan fingerprint density at radius 1 is 1.05 bits per heavy atom. The maximum absolute atomic E-state index is 13.5. The topological polar surface area (TPSA) is 67.0 Å². The van der Waals surface area contributed by atoms with Crippen molar-refractivity contribution in [2.75, 3.05) is 52.4 Å². The smallest absolute Gasteiger partial charge is 0.258 e. The monoisotopic (exact) mass is 521 g/mol. The minimum absolute atomic E-state index is 0.113. The minimum atomic E-state index is 0.113. The Hall–Kier alpha value is -2.68.